The second-order valence-electron chi connectivity index (χ2n) is 5.11. The quantitative estimate of drug-likeness (QED) is 0.844. The van der Waals surface area contributed by atoms with E-state index in [4.69, 9.17) is 16.3 Å². The van der Waals surface area contributed by atoms with Gasteiger partial charge in [-0.15, -0.1) is 0 Å². The van der Waals surface area contributed by atoms with Crippen molar-refractivity contribution in [2.45, 2.75) is 6.42 Å². The van der Waals surface area contributed by atoms with Crippen molar-refractivity contribution in [3.8, 4) is 11.3 Å². The van der Waals surface area contributed by atoms with E-state index in [2.05, 4.69) is 15.5 Å². The Bertz CT molecular complexity index is 714. The van der Waals surface area contributed by atoms with Gasteiger partial charge in [0.25, 0.3) is 0 Å². The average molecular weight is 320 g/mol. The van der Waals surface area contributed by atoms with Crippen LogP contribution in [-0.4, -0.2) is 35.2 Å². The number of carbonyl (C=O) groups excluding carboxylic acids is 2. The third-order valence-corrected chi connectivity index (χ3v) is 3.84. The molecule has 1 amide bonds. The molecule has 1 unspecified atom stereocenters. The van der Waals surface area contributed by atoms with Gasteiger partial charge in [0.15, 0.2) is 0 Å². The highest BCUT2D eigenvalue weighted by atomic mass is 35.5. The van der Waals surface area contributed by atoms with E-state index in [-0.39, 0.29) is 18.4 Å². The second-order valence-corrected chi connectivity index (χ2v) is 5.52. The maximum Gasteiger partial charge on any atom is 0.341 e. The van der Waals surface area contributed by atoms with Crippen LogP contribution in [0.2, 0.25) is 5.02 Å². The van der Waals surface area contributed by atoms with E-state index < -0.39 is 5.97 Å². The minimum absolute atomic E-state index is 0.0129. The van der Waals surface area contributed by atoms with Crippen molar-refractivity contribution in [2.24, 2.45) is 5.92 Å². The van der Waals surface area contributed by atoms with Crippen LogP contribution in [0.15, 0.2) is 30.5 Å². The molecule has 1 aliphatic heterocycles. The number of amides is 1. The van der Waals surface area contributed by atoms with Gasteiger partial charge in [0, 0.05) is 29.5 Å². The lowest BCUT2D eigenvalue weighted by atomic mass is 10.1. The topological polar surface area (TPSA) is 84.1 Å². The molecular weight excluding hydrogens is 306 g/mol. The first-order valence-electron chi connectivity index (χ1n) is 6.87. The summed E-state index contributed by atoms with van der Waals surface area (Å²) < 4.78 is 5.29. The summed E-state index contributed by atoms with van der Waals surface area (Å²) in [4.78, 5) is 23.3. The van der Waals surface area contributed by atoms with Gasteiger partial charge in [-0.25, -0.2) is 4.79 Å². The number of esters is 1. The summed E-state index contributed by atoms with van der Waals surface area (Å²) in [6.45, 7) is 0.736. The highest BCUT2D eigenvalue weighted by molar-refractivity contribution is 6.33. The number of halogens is 1. The Morgan fingerprint density at radius 1 is 1.41 bits per heavy atom. The van der Waals surface area contributed by atoms with Gasteiger partial charge < -0.3 is 10.1 Å². The molecule has 1 atom stereocenters. The highest BCUT2D eigenvalue weighted by Gasteiger charge is 2.24. The van der Waals surface area contributed by atoms with Crippen molar-refractivity contribution in [1.29, 1.82) is 0 Å². The summed E-state index contributed by atoms with van der Waals surface area (Å²) in [6.07, 6.45) is 1.80. The number of aromatic nitrogens is 2. The van der Waals surface area contributed by atoms with Gasteiger partial charge in [0.2, 0.25) is 5.91 Å². The molecule has 2 aromatic rings. The molecule has 3 rings (SSSR count). The van der Waals surface area contributed by atoms with Crippen LogP contribution in [0.3, 0.4) is 0 Å². The highest BCUT2D eigenvalue weighted by Crippen LogP contribution is 2.28. The number of nitrogens with zero attached hydrogens (tertiary/aromatic N) is 1. The Morgan fingerprint density at radius 3 is 2.95 bits per heavy atom. The normalized spacial score (nSPS) is 17.3. The Labute approximate surface area is 131 Å². The zero-order chi connectivity index (χ0) is 15.5. The third kappa shape index (κ3) is 2.96. The van der Waals surface area contributed by atoms with Crippen LogP contribution in [0.1, 0.15) is 16.8 Å². The number of hydrogen-bond acceptors (Lipinski definition) is 4. The summed E-state index contributed by atoms with van der Waals surface area (Å²) in [5, 5.41) is 9.91. The monoisotopic (exact) mass is 319 g/mol. The number of carbonyl (C=O) groups is 2. The first-order valence-corrected chi connectivity index (χ1v) is 7.25. The van der Waals surface area contributed by atoms with Crippen LogP contribution in [0.5, 0.6) is 0 Å². The second kappa shape index (κ2) is 6.19. The average Bonchev–Trinajstić information content (AvgIpc) is 3.14. The maximum atomic E-state index is 12.2. The Balaban J connectivity index is 1.73. The number of rotatable bonds is 4. The molecule has 114 valence electrons. The lowest BCUT2D eigenvalue weighted by Crippen LogP contribution is -2.17. The molecule has 0 saturated carbocycles. The van der Waals surface area contributed by atoms with Crippen LogP contribution in [0.4, 0.5) is 0 Å². The molecule has 1 aliphatic rings. The Morgan fingerprint density at radius 2 is 2.23 bits per heavy atom. The van der Waals surface area contributed by atoms with Crippen molar-refractivity contribution < 1.29 is 14.3 Å². The molecular formula is C15H14ClN3O3. The summed E-state index contributed by atoms with van der Waals surface area (Å²) in [7, 11) is 0. The molecule has 1 aromatic heterocycles. The van der Waals surface area contributed by atoms with E-state index in [1.54, 1.807) is 12.1 Å². The first-order chi connectivity index (χ1) is 10.6. The Hall–Kier alpha value is -2.34. The lowest BCUT2D eigenvalue weighted by molar-refractivity contribution is -0.119. The summed E-state index contributed by atoms with van der Waals surface area (Å²) >= 11 is 6.14. The zero-order valence-corrected chi connectivity index (χ0v) is 12.4. The minimum Gasteiger partial charge on any atom is -0.462 e. The number of nitrogens with one attached hydrogen (secondary N) is 2. The predicted octanol–water partition coefficient (Wildman–Crippen LogP) is 2.02. The van der Waals surface area contributed by atoms with Crippen molar-refractivity contribution in [2.75, 3.05) is 13.2 Å². The Kier molecular flexibility index (Phi) is 4.11. The largest absolute Gasteiger partial charge is 0.462 e. The van der Waals surface area contributed by atoms with Crippen LogP contribution in [-0.2, 0) is 9.53 Å². The molecule has 2 N–H and O–H groups in total. The first kappa shape index (κ1) is 14.6. The maximum absolute atomic E-state index is 12.2. The molecule has 7 heteroatoms. The van der Waals surface area contributed by atoms with Gasteiger partial charge in [0.1, 0.15) is 5.56 Å². The summed E-state index contributed by atoms with van der Waals surface area (Å²) in [5.74, 6) is -0.476. The van der Waals surface area contributed by atoms with Crippen molar-refractivity contribution in [3.63, 3.8) is 0 Å². The molecule has 1 saturated heterocycles. The molecule has 0 aliphatic carbocycles. The van der Waals surface area contributed by atoms with Crippen molar-refractivity contribution >= 4 is 23.5 Å². The van der Waals surface area contributed by atoms with Gasteiger partial charge in [-0.1, -0.05) is 29.8 Å². The molecule has 0 bridgehead atoms. The molecule has 1 aromatic carbocycles. The van der Waals surface area contributed by atoms with Crippen LogP contribution in [0, 0.1) is 5.92 Å². The minimum atomic E-state index is -0.483. The van der Waals surface area contributed by atoms with Gasteiger partial charge in [-0.3, -0.25) is 9.89 Å². The van der Waals surface area contributed by atoms with Gasteiger partial charge in [-0.05, 0) is 6.07 Å². The smallest absolute Gasteiger partial charge is 0.341 e. The van der Waals surface area contributed by atoms with Crippen molar-refractivity contribution in [1.82, 2.24) is 15.5 Å². The zero-order valence-electron chi connectivity index (χ0n) is 11.6. The fraction of sp³-hybridized carbons (Fsp3) is 0.267. The third-order valence-electron chi connectivity index (χ3n) is 3.51. The van der Waals surface area contributed by atoms with E-state index >= 15 is 0 Å². The molecule has 1 fully saturated rings. The number of hydrogen-bond donors (Lipinski definition) is 2. The molecule has 22 heavy (non-hydrogen) atoms. The van der Waals surface area contributed by atoms with Crippen molar-refractivity contribution in [3.05, 3.63) is 41.0 Å². The molecule has 6 nitrogen and oxygen atoms in total. The van der Waals surface area contributed by atoms with E-state index in [1.165, 1.54) is 6.20 Å². The van der Waals surface area contributed by atoms with E-state index in [9.17, 15) is 9.59 Å². The molecule has 0 spiro atoms. The number of H-pyrrole nitrogens is 1. The summed E-state index contributed by atoms with van der Waals surface area (Å²) in [6, 6.07) is 7.17. The molecule has 0 radical (unpaired) electrons. The number of aromatic amines is 1. The van der Waals surface area contributed by atoms with Gasteiger partial charge in [0.05, 0.1) is 18.5 Å². The SMILES string of the molecule is O=C1CC(COC(=O)c2cn[nH]c2-c2ccccc2Cl)CN1. The van der Waals surface area contributed by atoms with Gasteiger partial charge in [-0.2, -0.15) is 5.10 Å². The van der Waals surface area contributed by atoms with E-state index in [0.29, 0.717) is 34.8 Å². The fourth-order valence-corrected chi connectivity index (χ4v) is 2.59. The van der Waals surface area contributed by atoms with Crippen LogP contribution < -0.4 is 5.32 Å². The molecule has 2 heterocycles. The fourth-order valence-electron chi connectivity index (χ4n) is 2.36. The van der Waals surface area contributed by atoms with Crippen LogP contribution >= 0.6 is 11.6 Å². The van der Waals surface area contributed by atoms with E-state index in [1.807, 2.05) is 12.1 Å². The number of ether oxygens (including phenoxy) is 1. The summed E-state index contributed by atoms with van der Waals surface area (Å²) in [5.41, 5.74) is 1.54. The number of benzene rings is 1. The predicted molar refractivity (Wildman–Crippen MR) is 80.4 cm³/mol. The lowest BCUT2D eigenvalue weighted by Gasteiger charge is -2.09. The standard InChI is InChI=1S/C15H14ClN3O3/c16-12-4-2-1-3-10(12)14-11(7-18-19-14)15(21)22-8-9-5-13(20)17-6-9/h1-4,7,9H,5-6,8H2,(H,17,20)(H,18,19). The van der Waals surface area contributed by atoms with Crippen LogP contribution in [0.25, 0.3) is 11.3 Å². The van der Waals surface area contributed by atoms with E-state index in [0.717, 1.165) is 0 Å². The van der Waals surface area contributed by atoms with Gasteiger partial charge >= 0.3 is 5.97 Å².